The van der Waals surface area contributed by atoms with Crippen LogP contribution in [0.15, 0.2) is 42.7 Å². The third-order valence-electron chi connectivity index (χ3n) is 3.89. The highest BCUT2D eigenvalue weighted by Gasteiger charge is 2.14. The smallest absolute Gasteiger partial charge is 0.167 e. The molecule has 0 aliphatic heterocycles. The number of nitrogens with zero attached hydrogens (tertiary/aromatic N) is 2. The third-order valence-corrected chi connectivity index (χ3v) is 3.89. The average Bonchev–Trinajstić information content (AvgIpc) is 2.63. The highest BCUT2D eigenvalue weighted by Crippen LogP contribution is 2.28. The highest BCUT2D eigenvalue weighted by atomic mass is 19.1. The summed E-state index contributed by atoms with van der Waals surface area (Å²) in [5.74, 6) is -0.136. The number of ether oxygens (including phenoxy) is 2. The number of anilines is 1. The summed E-state index contributed by atoms with van der Waals surface area (Å²) < 4.78 is 37.4. The molecule has 0 radical (unpaired) electrons. The van der Waals surface area contributed by atoms with E-state index in [1.807, 2.05) is 0 Å². The van der Waals surface area contributed by atoms with E-state index in [9.17, 15) is 8.78 Å². The number of halogens is 2. The summed E-state index contributed by atoms with van der Waals surface area (Å²) in [6, 6.07) is 8.95. The van der Waals surface area contributed by atoms with Gasteiger partial charge in [-0.25, -0.2) is 18.7 Å². The Morgan fingerprint density at radius 2 is 1.84 bits per heavy atom. The molecule has 1 N–H and O–H groups in total. The number of fused-ring (bicyclic) bond motifs is 1. The lowest BCUT2D eigenvalue weighted by molar-refractivity contribution is 0.114. The van der Waals surface area contributed by atoms with Crippen molar-refractivity contribution in [2.24, 2.45) is 0 Å². The van der Waals surface area contributed by atoms with E-state index in [1.54, 1.807) is 25.3 Å². The Kier molecular flexibility index (Phi) is 5.04. The molecule has 1 atom stereocenters. The molecule has 1 unspecified atom stereocenters. The van der Waals surface area contributed by atoms with Crippen molar-refractivity contribution in [2.75, 3.05) is 26.1 Å². The normalized spacial score (nSPS) is 12.2. The van der Waals surface area contributed by atoms with Crippen molar-refractivity contribution in [2.45, 2.75) is 6.10 Å². The third kappa shape index (κ3) is 3.66. The van der Waals surface area contributed by atoms with Crippen LogP contribution in [0.2, 0.25) is 0 Å². The van der Waals surface area contributed by atoms with Gasteiger partial charge in [-0.1, -0.05) is 12.1 Å². The highest BCUT2D eigenvalue weighted by molar-refractivity contribution is 5.90. The van der Waals surface area contributed by atoms with E-state index in [-0.39, 0.29) is 17.7 Å². The summed E-state index contributed by atoms with van der Waals surface area (Å²) in [5, 5.41) is 3.81. The van der Waals surface area contributed by atoms with Gasteiger partial charge in [-0.05, 0) is 23.8 Å². The zero-order valence-corrected chi connectivity index (χ0v) is 13.8. The van der Waals surface area contributed by atoms with Gasteiger partial charge in [-0.15, -0.1) is 0 Å². The van der Waals surface area contributed by atoms with Crippen LogP contribution in [0.3, 0.4) is 0 Å². The average molecular weight is 345 g/mol. The number of nitrogens with one attached hydrogen (secondary N) is 1. The van der Waals surface area contributed by atoms with Crippen LogP contribution in [0, 0.1) is 11.6 Å². The predicted octanol–water partition coefficient (Wildman–Crippen LogP) is 3.72. The van der Waals surface area contributed by atoms with Crippen molar-refractivity contribution in [1.82, 2.24) is 9.97 Å². The van der Waals surface area contributed by atoms with E-state index in [0.717, 1.165) is 5.56 Å². The largest absolute Gasteiger partial charge is 0.494 e. The summed E-state index contributed by atoms with van der Waals surface area (Å²) in [4.78, 5) is 8.28. The second kappa shape index (κ2) is 7.40. The van der Waals surface area contributed by atoms with Crippen LogP contribution in [0.25, 0.3) is 10.9 Å². The maximum absolute atomic E-state index is 13.8. The summed E-state index contributed by atoms with van der Waals surface area (Å²) >= 11 is 0. The zero-order chi connectivity index (χ0) is 17.8. The lowest BCUT2D eigenvalue weighted by Crippen LogP contribution is -2.15. The van der Waals surface area contributed by atoms with Crippen LogP contribution in [0.5, 0.6) is 5.75 Å². The van der Waals surface area contributed by atoms with E-state index < -0.39 is 5.82 Å². The Balaban J connectivity index is 1.85. The van der Waals surface area contributed by atoms with Gasteiger partial charge in [0.05, 0.1) is 18.7 Å². The van der Waals surface area contributed by atoms with Crippen molar-refractivity contribution in [3.63, 3.8) is 0 Å². The number of aromatic nitrogens is 2. The number of rotatable bonds is 6. The summed E-state index contributed by atoms with van der Waals surface area (Å²) in [5.41, 5.74) is 1.30. The molecule has 25 heavy (non-hydrogen) atoms. The van der Waals surface area contributed by atoms with Crippen molar-refractivity contribution >= 4 is 16.7 Å². The number of hydrogen-bond donors (Lipinski definition) is 1. The fraction of sp³-hybridized carbons (Fsp3) is 0.222. The maximum Gasteiger partial charge on any atom is 0.167 e. The molecule has 0 saturated heterocycles. The molecule has 0 bridgehead atoms. The second-order valence-electron chi connectivity index (χ2n) is 5.38. The minimum absolute atomic E-state index is 0.118. The predicted molar refractivity (Wildman–Crippen MR) is 90.7 cm³/mol. The molecule has 1 heterocycles. The Bertz CT molecular complexity index is 872. The molecule has 0 spiro atoms. The van der Waals surface area contributed by atoms with Crippen LogP contribution < -0.4 is 10.1 Å². The second-order valence-corrected chi connectivity index (χ2v) is 5.38. The molecule has 0 amide bonds. The molecule has 1 aromatic heterocycles. The molecule has 130 valence electrons. The first kappa shape index (κ1) is 17.0. The molecule has 3 aromatic rings. The van der Waals surface area contributed by atoms with E-state index in [0.29, 0.717) is 23.3 Å². The Morgan fingerprint density at radius 1 is 1.08 bits per heavy atom. The SMILES string of the molecule is COc1cc2c(NCC(OC)c3ccc(F)cc3)ncnc2cc1F. The summed E-state index contributed by atoms with van der Waals surface area (Å²) in [6.45, 7) is 0.397. The van der Waals surface area contributed by atoms with Crippen LogP contribution in [0.4, 0.5) is 14.6 Å². The molecule has 0 aliphatic carbocycles. The minimum atomic E-state index is -0.485. The fourth-order valence-corrected chi connectivity index (χ4v) is 2.56. The van der Waals surface area contributed by atoms with Gasteiger partial charge < -0.3 is 14.8 Å². The van der Waals surface area contributed by atoms with E-state index in [2.05, 4.69) is 15.3 Å². The molecule has 0 aliphatic rings. The molecular formula is C18H17F2N3O2. The quantitative estimate of drug-likeness (QED) is 0.738. The standard InChI is InChI=1S/C18H17F2N3O2/c1-24-16-7-13-15(8-14(16)20)22-10-23-18(13)21-9-17(25-2)11-3-5-12(19)6-4-11/h3-8,10,17H,9H2,1-2H3,(H,21,22,23). The maximum atomic E-state index is 13.8. The van der Waals surface area contributed by atoms with Gasteiger partial charge in [0, 0.05) is 25.1 Å². The van der Waals surface area contributed by atoms with Crippen LogP contribution >= 0.6 is 0 Å². The molecule has 0 saturated carbocycles. The molecule has 7 heteroatoms. The van der Waals surface area contributed by atoms with Crippen molar-refractivity contribution < 1.29 is 18.3 Å². The fourth-order valence-electron chi connectivity index (χ4n) is 2.56. The van der Waals surface area contributed by atoms with Gasteiger partial charge >= 0.3 is 0 Å². The van der Waals surface area contributed by atoms with Gasteiger partial charge in [0.25, 0.3) is 0 Å². The van der Waals surface area contributed by atoms with E-state index in [1.165, 1.54) is 31.6 Å². The first-order valence-corrected chi connectivity index (χ1v) is 7.62. The number of methoxy groups -OCH3 is 2. The minimum Gasteiger partial charge on any atom is -0.494 e. The van der Waals surface area contributed by atoms with Gasteiger partial charge in [-0.2, -0.15) is 0 Å². The van der Waals surface area contributed by atoms with Crippen LogP contribution in [-0.4, -0.2) is 30.7 Å². The van der Waals surface area contributed by atoms with Gasteiger partial charge in [-0.3, -0.25) is 0 Å². The first-order valence-electron chi connectivity index (χ1n) is 7.62. The molecule has 3 rings (SSSR count). The van der Waals surface area contributed by atoms with Crippen LogP contribution in [-0.2, 0) is 4.74 Å². The lowest BCUT2D eigenvalue weighted by Gasteiger charge is -2.17. The van der Waals surface area contributed by atoms with E-state index >= 15 is 0 Å². The van der Waals surface area contributed by atoms with Crippen LogP contribution in [0.1, 0.15) is 11.7 Å². The molecule has 2 aromatic carbocycles. The number of hydrogen-bond acceptors (Lipinski definition) is 5. The Hall–Kier alpha value is -2.80. The van der Waals surface area contributed by atoms with Gasteiger partial charge in [0.2, 0.25) is 0 Å². The molecular weight excluding hydrogens is 328 g/mol. The summed E-state index contributed by atoms with van der Waals surface area (Å²) in [7, 11) is 2.98. The lowest BCUT2D eigenvalue weighted by atomic mass is 10.1. The Morgan fingerprint density at radius 3 is 2.52 bits per heavy atom. The Labute approximate surface area is 143 Å². The van der Waals surface area contributed by atoms with Gasteiger partial charge in [0.1, 0.15) is 18.0 Å². The first-order chi connectivity index (χ1) is 12.1. The van der Waals surface area contributed by atoms with Crippen molar-refractivity contribution in [1.29, 1.82) is 0 Å². The molecule has 0 fully saturated rings. The zero-order valence-electron chi connectivity index (χ0n) is 13.8. The monoisotopic (exact) mass is 345 g/mol. The van der Waals surface area contributed by atoms with Gasteiger partial charge in [0.15, 0.2) is 11.6 Å². The molecule has 5 nitrogen and oxygen atoms in total. The summed E-state index contributed by atoms with van der Waals surface area (Å²) in [6.07, 6.45) is 1.06. The van der Waals surface area contributed by atoms with E-state index in [4.69, 9.17) is 9.47 Å². The number of benzene rings is 2. The van der Waals surface area contributed by atoms with Crippen molar-refractivity contribution in [3.8, 4) is 5.75 Å². The topological polar surface area (TPSA) is 56.3 Å². The van der Waals surface area contributed by atoms with Crippen molar-refractivity contribution in [3.05, 3.63) is 59.9 Å².